The van der Waals surface area contributed by atoms with Crippen LogP contribution >= 0.6 is 0 Å². The molecule has 0 aromatic heterocycles. The summed E-state index contributed by atoms with van der Waals surface area (Å²) >= 11 is 0. The normalized spacial score (nSPS) is 21.3. The van der Waals surface area contributed by atoms with Gasteiger partial charge < -0.3 is 9.80 Å². The van der Waals surface area contributed by atoms with Crippen molar-refractivity contribution in [2.45, 2.75) is 31.6 Å². The summed E-state index contributed by atoms with van der Waals surface area (Å²) in [6.45, 7) is 4.35. The third kappa shape index (κ3) is 5.99. The Kier molecular flexibility index (Phi) is 7.51. The number of halogens is 3. The summed E-state index contributed by atoms with van der Waals surface area (Å²) in [5.74, 6) is 0.465. The number of nitrogens with zero attached hydrogens (tertiary/aromatic N) is 3. The molecular weight excluding hydrogens is 475 g/mol. The Balaban J connectivity index is 1.29. The quantitative estimate of drug-likeness (QED) is 0.409. The van der Waals surface area contributed by atoms with Gasteiger partial charge in [0.25, 0.3) is 0 Å². The zero-order valence-corrected chi connectivity index (χ0v) is 20.8. The van der Waals surface area contributed by atoms with Gasteiger partial charge in [0.2, 0.25) is 5.91 Å². The lowest BCUT2D eigenvalue weighted by molar-refractivity contribution is -0.140. The lowest BCUT2D eigenvalue weighted by Gasteiger charge is -2.45. The number of carbonyl (C=O) groups excluding carboxylic acids is 1. The molecule has 194 valence electrons. The van der Waals surface area contributed by atoms with Gasteiger partial charge >= 0.3 is 6.18 Å². The zero-order chi connectivity index (χ0) is 25.8. The molecule has 0 unspecified atom stereocenters. The molecule has 2 heterocycles. The van der Waals surface area contributed by atoms with Crippen LogP contribution in [-0.2, 0) is 17.5 Å². The maximum absolute atomic E-state index is 13.2. The second kappa shape index (κ2) is 11.0. The van der Waals surface area contributed by atoms with E-state index in [1.165, 1.54) is 12.1 Å². The van der Waals surface area contributed by atoms with Crippen molar-refractivity contribution in [1.82, 2.24) is 9.80 Å². The van der Waals surface area contributed by atoms with Crippen LogP contribution in [0, 0.1) is 5.92 Å². The topological polar surface area (TPSA) is 26.8 Å². The standard InChI is InChI=1S/C30H32F3N3O/c31-30(32,33)26-12-7-13-27(20-26)35-18-16-34(17-19-35)22-25-14-15-28(37)36(21-23-8-3-1-4-9-23)29(25)24-10-5-2-6-11-24/h1-13,20,25,29H,14-19,21-22H2/t25-,29-/m0/s1. The third-order valence-corrected chi connectivity index (χ3v) is 7.57. The molecule has 3 aromatic carbocycles. The van der Waals surface area contributed by atoms with Gasteiger partial charge in [-0.3, -0.25) is 9.69 Å². The molecule has 0 bridgehead atoms. The fourth-order valence-electron chi connectivity index (χ4n) is 5.68. The van der Waals surface area contributed by atoms with Crippen LogP contribution in [0.25, 0.3) is 0 Å². The highest BCUT2D eigenvalue weighted by Crippen LogP contribution is 2.38. The van der Waals surface area contributed by atoms with Gasteiger partial charge in [0, 0.05) is 51.4 Å². The molecule has 2 aliphatic rings. The number of anilines is 1. The van der Waals surface area contributed by atoms with Crippen molar-refractivity contribution >= 4 is 11.6 Å². The molecule has 2 saturated heterocycles. The van der Waals surface area contributed by atoms with Crippen LogP contribution in [0.1, 0.15) is 35.6 Å². The van der Waals surface area contributed by atoms with E-state index in [0.29, 0.717) is 31.7 Å². The van der Waals surface area contributed by atoms with E-state index in [2.05, 4.69) is 29.2 Å². The van der Waals surface area contributed by atoms with Gasteiger partial charge in [0.1, 0.15) is 0 Å². The molecule has 0 aliphatic carbocycles. The number of amides is 1. The maximum atomic E-state index is 13.2. The van der Waals surface area contributed by atoms with Gasteiger partial charge in [-0.05, 0) is 41.7 Å². The van der Waals surface area contributed by atoms with Crippen molar-refractivity contribution in [2.24, 2.45) is 5.92 Å². The Morgan fingerprint density at radius 1 is 0.811 bits per heavy atom. The Morgan fingerprint density at radius 2 is 1.49 bits per heavy atom. The number of benzene rings is 3. The third-order valence-electron chi connectivity index (χ3n) is 7.57. The number of hydrogen-bond acceptors (Lipinski definition) is 3. The van der Waals surface area contributed by atoms with Crippen molar-refractivity contribution < 1.29 is 18.0 Å². The summed E-state index contributed by atoms with van der Waals surface area (Å²) in [6, 6.07) is 26.0. The number of hydrogen-bond donors (Lipinski definition) is 0. The van der Waals surface area contributed by atoms with Crippen LogP contribution in [0.15, 0.2) is 84.9 Å². The van der Waals surface area contributed by atoms with E-state index in [1.54, 1.807) is 6.07 Å². The van der Waals surface area contributed by atoms with Crippen molar-refractivity contribution in [3.63, 3.8) is 0 Å². The lowest BCUT2D eigenvalue weighted by Crippen LogP contribution is -2.51. The molecule has 4 nitrogen and oxygen atoms in total. The van der Waals surface area contributed by atoms with E-state index in [9.17, 15) is 18.0 Å². The molecule has 37 heavy (non-hydrogen) atoms. The minimum atomic E-state index is -4.34. The number of likely N-dealkylation sites (tertiary alicyclic amines) is 1. The number of carbonyl (C=O) groups is 1. The minimum absolute atomic E-state index is 0.0100. The predicted octanol–water partition coefficient (Wildman–Crippen LogP) is 6.01. The van der Waals surface area contributed by atoms with Crippen molar-refractivity contribution in [3.05, 3.63) is 102 Å². The van der Waals surface area contributed by atoms with Gasteiger partial charge in [-0.2, -0.15) is 13.2 Å². The molecule has 0 N–H and O–H groups in total. The average Bonchev–Trinajstić information content (AvgIpc) is 2.92. The average molecular weight is 508 g/mol. The van der Waals surface area contributed by atoms with Crippen LogP contribution in [0.4, 0.5) is 18.9 Å². The summed E-state index contributed by atoms with van der Waals surface area (Å²) in [5, 5.41) is 0. The highest BCUT2D eigenvalue weighted by Gasteiger charge is 2.38. The van der Waals surface area contributed by atoms with Crippen LogP contribution in [0.2, 0.25) is 0 Å². The number of piperazine rings is 1. The first-order valence-corrected chi connectivity index (χ1v) is 12.9. The van der Waals surface area contributed by atoms with E-state index in [-0.39, 0.29) is 17.9 Å². The monoisotopic (exact) mass is 507 g/mol. The fourth-order valence-corrected chi connectivity index (χ4v) is 5.68. The van der Waals surface area contributed by atoms with E-state index in [0.717, 1.165) is 43.2 Å². The Labute approximate surface area is 216 Å². The second-order valence-corrected chi connectivity index (χ2v) is 10.00. The molecule has 2 atom stereocenters. The molecule has 5 rings (SSSR count). The molecule has 0 saturated carbocycles. The van der Waals surface area contributed by atoms with E-state index in [1.807, 2.05) is 46.2 Å². The minimum Gasteiger partial charge on any atom is -0.369 e. The predicted molar refractivity (Wildman–Crippen MR) is 139 cm³/mol. The van der Waals surface area contributed by atoms with Crippen molar-refractivity contribution in [3.8, 4) is 0 Å². The van der Waals surface area contributed by atoms with Gasteiger partial charge in [-0.15, -0.1) is 0 Å². The molecule has 7 heteroatoms. The largest absolute Gasteiger partial charge is 0.416 e. The first kappa shape index (κ1) is 25.3. The summed E-state index contributed by atoms with van der Waals surface area (Å²) in [6.07, 6.45) is -2.98. The maximum Gasteiger partial charge on any atom is 0.416 e. The highest BCUT2D eigenvalue weighted by molar-refractivity contribution is 5.77. The molecule has 0 spiro atoms. The van der Waals surface area contributed by atoms with Crippen molar-refractivity contribution in [2.75, 3.05) is 37.6 Å². The molecule has 1 amide bonds. The van der Waals surface area contributed by atoms with Crippen LogP contribution in [0.3, 0.4) is 0 Å². The van der Waals surface area contributed by atoms with Gasteiger partial charge in [-0.25, -0.2) is 0 Å². The second-order valence-electron chi connectivity index (χ2n) is 10.00. The number of alkyl halides is 3. The zero-order valence-electron chi connectivity index (χ0n) is 20.8. The summed E-state index contributed by atoms with van der Waals surface area (Å²) < 4.78 is 39.5. The Hall–Kier alpha value is -3.32. The Morgan fingerprint density at radius 3 is 2.16 bits per heavy atom. The van der Waals surface area contributed by atoms with Crippen LogP contribution in [-0.4, -0.2) is 48.4 Å². The SMILES string of the molecule is O=C1CC[C@@H](CN2CCN(c3cccc(C(F)(F)F)c3)CC2)[C@H](c2ccccc2)N1Cc1ccccc1. The van der Waals surface area contributed by atoms with Crippen LogP contribution in [0.5, 0.6) is 0 Å². The molecule has 0 radical (unpaired) electrons. The first-order valence-electron chi connectivity index (χ1n) is 12.9. The molecule has 3 aromatic rings. The lowest BCUT2D eigenvalue weighted by atomic mass is 9.83. The Bertz CT molecular complexity index is 1180. The summed E-state index contributed by atoms with van der Waals surface area (Å²) in [7, 11) is 0. The van der Waals surface area contributed by atoms with Gasteiger partial charge in [0.05, 0.1) is 11.6 Å². The fraction of sp³-hybridized carbons (Fsp3) is 0.367. The van der Waals surface area contributed by atoms with E-state index in [4.69, 9.17) is 0 Å². The van der Waals surface area contributed by atoms with Gasteiger partial charge in [-0.1, -0.05) is 66.7 Å². The van der Waals surface area contributed by atoms with Crippen molar-refractivity contribution in [1.29, 1.82) is 0 Å². The smallest absolute Gasteiger partial charge is 0.369 e. The highest BCUT2D eigenvalue weighted by atomic mass is 19.4. The number of piperidine rings is 1. The van der Waals surface area contributed by atoms with Crippen LogP contribution < -0.4 is 4.90 Å². The molecular formula is C30H32F3N3O. The van der Waals surface area contributed by atoms with E-state index >= 15 is 0 Å². The molecule has 2 aliphatic heterocycles. The van der Waals surface area contributed by atoms with Gasteiger partial charge in [0.15, 0.2) is 0 Å². The first-order chi connectivity index (χ1) is 17.9. The summed E-state index contributed by atoms with van der Waals surface area (Å²) in [5.41, 5.74) is 2.28. The summed E-state index contributed by atoms with van der Waals surface area (Å²) in [4.78, 5) is 19.6. The van der Waals surface area contributed by atoms with E-state index < -0.39 is 11.7 Å². The molecule has 2 fully saturated rings. The number of rotatable bonds is 6.